The van der Waals surface area contributed by atoms with Gasteiger partial charge in [0, 0.05) is 39.0 Å². The number of rotatable bonds is 7. The van der Waals surface area contributed by atoms with Crippen molar-refractivity contribution in [2.75, 3.05) is 7.11 Å². The Balaban J connectivity index is 1.86. The Kier molecular flexibility index (Phi) is 5.32. The quantitative estimate of drug-likeness (QED) is 0.842. The van der Waals surface area contributed by atoms with Crippen LogP contribution in [0.4, 0.5) is 0 Å². The predicted molar refractivity (Wildman–Crippen MR) is 80.3 cm³/mol. The molecule has 0 amide bonds. The number of hydrogen-bond donors (Lipinski definition) is 1. The van der Waals surface area contributed by atoms with Gasteiger partial charge in [0.2, 0.25) is 0 Å². The van der Waals surface area contributed by atoms with Gasteiger partial charge in [-0.1, -0.05) is 31.2 Å². The van der Waals surface area contributed by atoms with Crippen LogP contribution in [-0.2, 0) is 37.9 Å². The number of nitrogens with one attached hydrogen (secondary N) is 1. The first-order valence-electron chi connectivity index (χ1n) is 7.01. The van der Waals surface area contributed by atoms with Crippen LogP contribution in [0.2, 0.25) is 0 Å². The van der Waals surface area contributed by atoms with Crippen LogP contribution in [-0.4, -0.2) is 16.9 Å². The van der Waals surface area contributed by atoms with Crippen molar-refractivity contribution in [2.24, 2.45) is 7.05 Å². The van der Waals surface area contributed by atoms with Crippen molar-refractivity contribution in [3.63, 3.8) is 0 Å². The van der Waals surface area contributed by atoms with Gasteiger partial charge in [-0.2, -0.15) is 5.10 Å². The number of nitrogens with zero attached hydrogens (tertiary/aromatic N) is 2. The van der Waals surface area contributed by atoms with Gasteiger partial charge in [0.25, 0.3) is 0 Å². The van der Waals surface area contributed by atoms with Crippen molar-refractivity contribution >= 4 is 0 Å². The summed E-state index contributed by atoms with van der Waals surface area (Å²) in [6.07, 6.45) is 3.07. The molecule has 0 aliphatic carbocycles. The first-order chi connectivity index (χ1) is 9.72. The molecule has 20 heavy (non-hydrogen) atoms. The molecule has 2 aromatic rings. The monoisotopic (exact) mass is 273 g/mol. The molecule has 4 nitrogen and oxygen atoms in total. The summed E-state index contributed by atoms with van der Waals surface area (Å²) in [6, 6.07) is 8.51. The van der Waals surface area contributed by atoms with E-state index >= 15 is 0 Å². The van der Waals surface area contributed by atoms with Gasteiger partial charge in [0.05, 0.1) is 12.3 Å². The molecule has 0 bridgehead atoms. The summed E-state index contributed by atoms with van der Waals surface area (Å²) in [7, 11) is 3.69. The number of aromatic nitrogens is 2. The van der Waals surface area contributed by atoms with Gasteiger partial charge >= 0.3 is 0 Å². The van der Waals surface area contributed by atoms with E-state index < -0.39 is 0 Å². The second-order valence-electron chi connectivity index (χ2n) is 4.98. The maximum Gasteiger partial charge on any atom is 0.0713 e. The summed E-state index contributed by atoms with van der Waals surface area (Å²) in [5.41, 5.74) is 4.95. The Bertz CT molecular complexity index is 531. The number of ether oxygens (including phenoxy) is 1. The zero-order valence-corrected chi connectivity index (χ0v) is 12.5. The molecule has 4 heteroatoms. The van der Waals surface area contributed by atoms with Crippen molar-refractivity contribution in [3.05, 3.63) is 52.8 Å². The van der Waals surface area contributed by atoms with Crippen molar-refractivity contribution < 1.29 is 4.74 Å². The van der Waals surface area contributed by atoms with Crippen molar-refractivity contribution in [1.29, 1.82) is 0 Å². The largest absolute Gasteiger partial charge is 0.380 e. The SMILES string of the molecule is CCc1nn(C)cc1CNCc1ccc(COC)cc1. The Morgan fingerprint density at radius 3 is 2.50 bits per heavy atom. The number of benzene rings is 1. The van der Waals surface area contributed by atoms with E-state index in [-0.39, 0.29) is 0 Å². The highest BCUT2D eigenvalue weighted by molar-refractivity contribution is 5.22. The molecule has 0 radical (unpaired) electrons. The van der Waals surface area contributed by atoms with Crippen LogP contribution >= 0.6 is 0 Å². The van der Waals surface area contributed by atoms with E-state index in [0.29, 0.717) is 6.61 Å². The van der Waals surface area contributed by atoms with E-state index in [2.05, 4.69) is 47.8 Å². The second-order valence-corrected chi connectivity index (χ2v) is 4.98. The van der Waals surface area contributed by atoms with Crippen LogP contribution < -0.4 is 5.32 Å². The van der Waals surface area contributed by atoms with E-state index in [1.54, 1.807) is 7.11 Å². The van der Waals surface area contributed by atoms with E-state index in [0.717, 1.165) is 19.5 Å². The summed E-state index contributed by atoms with van der Waals surface area (Å²) in [6.45, 7) is 4.53. The molecule has 0 fully saturated rings. The van der Waals surface area contributed by atoms with Crippen molar-refractivity contribution in [2.45, 2.75) is 33.0 Å². The average Bonchev–Trinajstić information content (AvgIpc) is 2.81. The van der Waals surface area contributed by atoms with Gasteiger partial charge in [-0.25, -0.2) is 0 Å². The lowest BCUT2D eigenvalue weighted by molar-refractivity contribution is 0.185. The molecule has 1 heterocycles. The smallest absolute Gasteiger partial charge is 0.0713 e. The molecule has 108 valence electrons. The highest BCUT2D eigenvalue weighted by atomic mass is 16.5. The molecule has 0 saturated carbocycles. The van der Waals surface area contributed by atoms with E-state index in [9.17, 15) is 0 Å². The van der Waals surface area contributed by atoms with Crippen molar-refractivity contribution in [1.82, 2.24) is 15.1 Å². The third-order valence-corrected chi connectivity index (χ3v) is 3.31. The number of aryl methyl sites for hydroxylation is 2. The van der Waals surface area contributed by atoms with Gasteiger partial charge in [0.1, 0.15) is 0 Å². The van der Waals surface area contributed by atoms with Crippen molar-refractivity contribution in [3.8, 4) is 0 Å². The number of methoxy groups -OCH3 is 1. The zero-order valence-electron chi connectivity index (χ0n) is 12.5. The fraction of sp³-hybridized carbons (Fsp3) is 0.438. The number of hydrogen-bond acceptors (Lipinski definition) is 3. The minimum absolute atomic E-state index is 0.670. The molecule has 0 spiro atoms. The normalized spacial score (nSPS) is 10.9. The highest BCUT2D eigenvalue weighted by Crippen LogP contribution is 2.08. The standard InChI is InChI=1S/C16H23N3O/c1-4-16-15(11-19(2)18-16)10-17-9-13-5-7-14(8-6-13)12-20-3/h5-8,11,17H,4,9-10,12H2,1-3H3. The summed E-state index contributed by atoms with van der Waals surface area (Å²) >= 11 is 0. The zero-order chi connectivity index (χ0) is 14.4. The lowest BCUT2D eigenvalue weighted by atomic mass is 10.1. The van der Waals surface area contributed by atoms with Gasteiger partial charge in [-0.15, -0.1) is 0 Å². The first-order valence-corrected chi connectivity index (χ1v) is 7.01. The van der Waals surface area contributed by atoms with Gasteiger partial charge in [-0.05, 0) is 17.5 Å². The summed E-state index contributed by atoms with van der Waals surface area (Å²) in [5.74, 6) is 0. The molecule has 1 aromatic carbocycles. The maximum absolute atomic E-state index is 5.11. The Hall–Kier alpha value is -1.65. The molecule has 0 aliphatic rings. The molecule has 0 unspecified atom stereocenters. The average molecular weight is 273 g/mol. The van der Waals surface area contributed by atoms with Crippen LogP contribution in [0.5, 0.6) is 0 Å². The van der Waals surface area contributed by atoms with Crippen LogP contribution in [0.3, 0.4) is 0 Å². The molecular weight excluding hydrogens is 250 g/mol. The molecule has 1 aromatic heterocycles. The third kappa shape index (κ3) is 3.92. The molecule has 0 atom stereocenters. The Labute approximate surface area is 120 Å². The minimum atomic E-state index is 0.670. The van der Waals surface area contributed by atoms with Crippen LogP contribution in [0.15, 0.2) is 30.5 Å². The van der Waals surface area contributed by atoms with Gasteiger partial charge in [-0.3, -0.25) is 4.68 Å². The van der Waals surface area contributed by atoms with Crippen LogP contribution in [0, 0.1) is 0 Å². The summed E-state index contributed by atoms with van der Waals surface area (Å²) < 4.78 is 6.99. The molecule has 2 rings (SSSR count). The molecular formula is C16H23N3O. The maximum atomic E-state index is 5.11. The topological polar surface area (TPSA) is 39.1 Å². The predicted octanol–water partition coefficient (Wildman–Crippen LogP) is 2.42. The fourth-order valence-corrected chi connectivity index (χ4v) is 2.29. The minimum Gasteiger partial charge on any atom is -0.380 e. The van der Waals surface area contributed by atoms with Gasteiger partial charge < -0.3 is 10.1 Å². The summed E-state index contributed by atoms with van der Waals surface area (Å²) in [5, 5.41) is 7.92. The van der Waals surface area contributed by atoms with E-state index in [1.165, 1.54) is 22.4 Å². The van der Waals surface area contributed by atoms with Crippen LogP contribution in [0.1, 0.15) is 29.3 Å². The summed E-state index contributed by atoms with van der Waals surface area (Å²) in [4.78, 5) is 0. The van der Waals surface area contributed by atoms with E-state index in [4.69, 9.17) is 4.74 Å². The Morgan fingerprint density at radius 2 is 1.85 bits per heavy atom. The van der Waals surface area contributed by atoms with Gasteiger partial charge in [0.15, 0.2) is 0 Å². The lowest BCUT2D eigenvalue weighted by Gasteiger charge is -2.06. The first kappa shape index (κ1) is 14.8. The molecule has 0 aliphatic heterocycles. The molecule has 0 saturated heterocycles. The van der Waals surface area contributed by atoms with Crippen LogP contribution in [0.25, 0.3) is 0 Å². The van der Waals surface area contributed by atoms with E-state index in [1.807, 2.05) is 11.7 Å². The lowest BCUT2D eigenvalue weighted by Crippen LogP contribution is -2.13. The Morgan fingerprint density at radius 1 is 1.15 bits per heavy atom. The fourth-order valence-electron chi connectivity index (χ4n) is 2.29. The molecule has 1 N–H and O–H groups in total. The third-order valence-electron chi connectivity index (χ3n) is 3.31. The second kappa shape index (κ2) is 7.22. The highest BCUT2D eigenvalue weighted by Gasteiger charge is 2.05.